The molecule has 0 saturated carbocycles. The van der Waals surface area contributed by atoms with Gasteiger partial charge in [0.25, 0.3) is 0 Å². The Labute approximate surface area is 240 Å². The van der Waals surface area contributed by atoms with Crippen LogP contribution in [0, 0.1) is 11.3 Å². The van der Waals surface area contributed by atoms with Crippen molar-refractivity contribution < 1.29 is 9.53 Å². The van der Waals surface area contributed by atoms with Gasteiger partial charge in [0.15, 0.2) is 0 Å². The monoisotopic (exact) mass is 552 g/mol. The average molecular weight is 553 g/mol. The molecule has 41 heavy (non-hydrogen) atoms. The van der Waals surface area contributed by atoms with E-state index in [9.17, 15) is 10.1 Å². The van der Waals surface area contributed by atoms with E-state index >= 15 is 0 Å². The molecule has 0 spiro atoms. The summed E-state index contributed by atoms with van der Waals surface area (Å²) in [6.45, 7) is 8.35. The molecule has 3 aliphatic rings. The van der Waals surface area contributed by atoms with Crippen molar-refractivity contribution in [1.82, 2.24) is 24.8 Å². The van der Waals surface area contributed by atoms with Gasteiger partial charge >= 0.3 is 6.01 Å². The van der Waals surface area contributed by atoms with E-state index in [1.807, 2.05) is 12.3 Å². The Morgan fingerprint density at radius 3 is 2.83 bits per heavy atom. The zero-order chi connectivity index (χ0) is 28.3. The predicted molar refractivity (Wildman–Crippen MR) is 158 cm³/mol. The number of aromatic nitrogens is 3. The van der Waals surface area contributed by atoms with Gasteiger partial charge < -0.3 is 24.3 Å². The fourth-order valence-corrected chi connectivity index (χ4v) is 6.36. The van der Waals surface area contributed by atoms with Crippen LogP contribution in [0.15, 0.2) is 49.2 Å². The standard InChI is InChI=1S/C31H36N8O2/c1-3-28(40)39-18-17-38(19-23(39)11-13-32)30-25-12-16-37(27-10-4-7-22-8-5-14-33-29(22)27)20-26(25)34-31(35-30)41-21-24-9-6-15-36(24)2/h3-5,7-8,10,14,23-24H,1,6,9,11-12,15-21H2,2H3. The highest BCUT2D eigenvalue weighted by atomic mass is 16.5. The van der Waals surface area contributed by atoms with Crippen LogP contribution in [0.2, 0.25) is 0 Å². The molecule has 3 aliphatic heterocycles. The maximum Gasteiger partial charge on any atom is 0.318 e. The summed E-state index contributed by atoms with van der Waals surface area (Å²) in [6, 6.07) is 13.1. The van der Waals surface area contributed by atoms with Crippen LogP contribution in [0.1, 0.15) is 30.5 Å². The second-order valence-corrected chi connectivity index (χ2v) is 11.1. The number of carbonyl (C=O) groups excluding carboxylic acids is 1. The smallest absolute Gasteiger partial charge is 0.318 e. The first kappa shape index (κ1) is 27.0. The number of likely N-dealkylation sites (tertiary alicyclic amines) is 1. The van der Waals surface area contributed by atoms with E-state index in [1.54, 1.807) is 4.90 Å². The number of hydrogen-bond donors (Lipinski definition) is 0. The molecule has 10 nitrogen and oxygen atoms in total. The first-order valence-corrected chi connectivity index (χ1v) is 14.4. The number of rotatable bonds is 7. The number of anilines is 2. The lowest BCUT2D eigenvalue weighted by Gasteiger charge is -2.42. The highest BCUT2D eigenvalue weighted by Crippen LogP contribution is 2.34. The topological polar surface area (TPSA) is 102 Å². The van der Waals surface area contributed by atoms with E-state index < -0.39 is 0 Å². The molecular formula is C31H36N8O2. The molecule has 1 amide bonds. The summed E-state index contributed by atoms with van der Waals surface area (Å²) < 4.78 is 6.27. The molecule has 10 heteroatoms. The number of hydrogen-bond acceptors (Lipinski definition) is 9. The second kappa shape index (κ2) is 11.7. The van der Waals surface area contributed by atoms with Crippen LogP contribution in [0.5, 0.6) is 6.01 Å². The SMILES string of the molecule is C=CC(=O)N1CCN(c2nc(OCC3CCCN3C)nc3c2CCN(c2cccc4cccnc24)C3)CC1CC#N. The summed E-state index contributed by atoms with van der Waals surface area (Å²) in [5.74, 6) is 0.716. The van der Waals surface area contributed by atoms with Crippen LogP contribution in [0.3, 0.4) is 0 Å². The number of ether oxygens (including phenoxy) is 1. The van der Waals surface area contributed by atoms with Crippen LogP contribution < -0.4 is 14.5 Å². The molecular weight excluding hydrogens is 516 g/mol. The molecule has 0 N–H and O–H groups in total. The van der Waals surface area contributed by atoms with Gasteiger partial charge in [0.05, 0.1) is 42.0 Å². The lowest BCUT2D eigenvalue weighted by atomic mass is 10.0. The lowest BCUT2D eigenvalue weighted by Crippen LogP contribution is -2.55. The highest BCUT2D eigenvalue weighted by molar-refractivity contribution is 5.91. The fourth-order valence-electron chi connectivity index (χ4n) is 6.36. The molecule has 5 heterocycles. The van der Waals surface area contributed by atoms with Crippen molar-refractivity contribution in [2.45, 2.75) is 44.3 Å². The maximum absolute atomic E-state index is 12.5. The number of para-hydroxylation sites is 1. The third-order valence-corrected chi connectivity index (χ3v) is 8.62. The molecule has 212 valence electrons. The molecule has 0 bridgehead atoms. The lowest BCUT2D eigenvalue weighted by molar-refractivity contribution is -0.128. The van der Waals surface area contributed by atoms with E-state index in [0.29, 0.717) is 44.8 Å². The third kappa shape index (κ3) is 5.42. The maximum atomic E-state index is 12.5. The number of piperazine rings is 1. The van der Waals surface area contributed by atoms with E-state index in [4.69, 9.17) is 14.7 Å². The third-order valence-electron chi connectivity index (χ3n) is 8.62. The Bertz CT molecular complexity index is 1480. The molecule has 3 aromatic rings. The molecule has 2 unspecified atom stereocenters. The minimum Gasteiger partial charge on any atom is -0.462 e. The number of nitrogens with zero attached hydrogens (tertiary/aromatic N) is 8. The summed E-state index contributed by atoms with van der Waals surface area (Å²) in [6.07, 6.45) is 6.46. The molecule has 1 aromatic carbocycles. The van der Waals surface area contributed by atoms with Crippen LogP contribution in [0.4, 0.5) is 11.5 Å². The van der Waals surface area contributed by atoms with Crippen LogP contribution in [0.25, 0.3) is 10.9 Å². The summed E-state index contributed by atoms with van der Waals surface area (Å²) in [5, 5.41) is 10.6. The number of fused-ring (bicyclic) bond motifs is 2. The number of benzene rings is 1. The van der Waals surface area contributed by atoms with Gasteiger partial charge in [-0.3, -0.25) is 9.78 Å². The van der Waals surface area contributed by atoms with Gasteiger partial charge in [-0.2, -0.15) is 15.2 Å². The van der Waals surface area contributed by atoms with Gasteiger partial charge in [-0.15, -0.1) is 0 Å². The average Bonchev–Trinajstić information content (AvgIpc) is 3.43. The Balaban J connectivity index is 1.33. The van der Waals surface area contributed by atoms with E-state index in [-0.39, 0.29) is 18.4 Å². The van der Waals surface area contributed by atoms with Gasteiger partial charge in [-0.25, -0.2) is 0 Å². The van der Waals surface area contributed by atoms with Crippen LogP contribution in [-0.4, -0.2) is 89.1 Å². The normalized spacial score (nSPS) is 21.0. The summed E-state index contributed by atoms with van der Waals surface area (Å²) in [7, 11) is 2.13. The number of nitriles is 1. The summed E-state index contributed by atoms with van der Waals surface area (Å²) in [4.78, 5) is 35.7. The van der Waals surface area contributed by atoms with E-state index in [0.717, 1.165) is 59.6 Å². The van der Waals surface area contributed by atoms with Crippen LogP contribution in [-0.2, 0) is 17.8 Å². The van der Waals surface area contributed by atoms with Gasteiger partial charge in [-0.1, -0.05) is 24.8 Å². The molecule has 0 radical (unpaired) electrons. The van der Waals surface area contributed by atoms with Crippen molar-refractivity contribution >= 4 is 28.3 Å². The Hall–Kier alpha value is -4.23. The molecule has 6 rings (SSSR count). The minimum atomic E-state index is -0.233. The quantitative estimate of drug-likeness (QED) is 0.409. The van der Waals surface area contributed by atoms with Gasteiger partial charge in [0, 0.05) is 49.4 Å². The number of carbonyl (C=O) groups is 1. The van der Waals surface area contributed by atoms with Crippen molar-refractivity contribution in [2.75, 3.05) is 56.2 Å². The zero-order valence-corrected chi connectivity index (χ0v) is 23.6. The Morgan fingerprint density at radius 1 is 1.15 bits per heavy atom. The molecule has 2 saturated heterocycles. The number of likely N-dealkylation sites (N-methyl/N-ethyl adjacent to an activating group) is 1. The highest BCUT2D eigenvalue weighted by Gasteiger charge is 2.33. The van der Waals surface area contributed by atoms with E-state index in [2.05, 4.69) is 63.6 Å². The Kier molecular flexibility index (Phi) is 7.70. The van der Waals surface area contributed by atoms with Crippen molar-refractivity contribution in [3.63, 3.8) is 0 Å². The fraction of sp³-hybridized carbons (Fsp3) is 0.452. The number of pyridine rings is 1. The minimum absolute atomic E-state index is 0.140. The van der Waals surface area contributed by atoms with Crippen molar-refractivity contribution in [3.8, 4) is 12.1 Å². The van der Waals surface area contributed by atoms with Gasteiger partial charge in [0.2, 0.25) is 5.91 Å². The van der Waals surface area contributed by atoms with Gasteiger partial charge in [-0.05, 0) is 51.1 Å². The first-order chi connectivity index (χ1) is 20.1. The number of amides is 1. The zero-order valence-electron chi connectivity index (χ0n) is 23.6. The first-order valence-electron chi connectivity index (χ1n) is 14.4. The summed E-state index contributed by atoms with van der Waals surface area (Å²) >= 11 is 0. The summed E-state index contributed by atoms with van der Waals surface area (Å²) in [5.41, 5.74) is 4.13. The van der Waals surface area contributed by atoms with Crippen molar-refractivity contribution in [1.29, 1.82) is 5.26 Å². The van der Waals surface area contributed by atoms with Crippen LogP contribution >= 0.6 is 0 Å². The molecule has 0 aliphatic carbocycles. The van der Waals surface area contributed by atoms with Crippen molar-refractivity contribution in [3.05, 3.63) is 60.4 Å². The van der Waals surface area contributed by atoms with Crippen molar-refractivity contribution in [2.24, 2.45) is 0 Å². The van der Waals surface area contributed by atoms with Gasteiger partial charge in [0.1, 0.15) is 12.4 Å². The molecule has 2 fully saturated rings. The second-order valence-electron chi connectivity index (χ2n) is 11.1. The largest absolute Gasteiger partial charge is 0.462 e. The molecule has 2 aromatic heterocycles. The predicted octanol–water partition coefficient (Wildman–Crippen LogP) is 3.18. The Morgan fingerprint density at radius 2 is 2.02 bits per heavy atom. The molecule has 2 atom stereocenters. The van der Waals surface area contributed by atoms with E-state index in [1.165, 1.54) is 12.5 Å².